The van der Waals surface area contributed by atoms with Gasteiger partial charge in [-0.25, -0.2) is 0 Å². The molecule has 1 fully saturated rings. The molecule has 0 N–H and O–H groups in total. The van der Waals surface area contributed by atoms with Crippen molar-refractivity contribution in [3.05, 3.63) is 19.1 Å². The predicted octanol–water partition coefficient (Wildman–Crippen LogP) is 4.37. The summed E-state index contributed by atoms with van der Waals surface area (Å²) in [6.45, 7) is 8.02. The minimum atomic E-state index is 0.205. The molecule has 0 spiro atoms. The Kier molecular flexibility index (Phi) is 8.61. The lowest BCUT2D eigenvalue weighted by atomic mass is 9.94. The molecule has 0 saturated carbocycles. The molecule has 2 nitrogen and oxygen atoms in total. The lowest BCUT2D eigenvalue weighted by Gasteiger charge is -2.30. The molecule has 1 amide bonds. The summed E-state index contributed by atoms with van der Waals surface area (Å²) in [6, 6.07) is 0. The first-order valence-corrected chi connectivity index (χ1v) is 8.02. The van der Waals surface area contributed by atoms with Gasteiger partial charge in [-0.1, -0.05) is 52.0 Å². The fraction of sp³-hybridized carbons (Fsp3) is 0.765. The van der Waals surface area contributed by atoms with Crippen molar-refractivity contribution in [3.63, 3.8) is 0 Å². The van der Waals surface area contributed by atoms with Crippen molar-refractivity contribution in [2.24, 2.45) is 5.92 Å². The summed E-state index contributed by atoms with van der Waals surface area (Å²) in [7, 11) is 0. The van der Waals surface area contributed by atoms with E-state index in [4.69, 9.17) is 0 Å². The summed E-state index contributed by atoms with van der Waals surface area (Å²) >= 11 is 0. The summed E-state index contributed by atoms with van der Waals surface area (Å²) in [5.74, 6) is 0.933. The topological polar surface area (TPSA) is 20.3 Å². The number of piperidine rings is 1. The van der Waals surface area contributed by atoms with Crippen LogP contribution in [0.3, 0.4) is 0 Å². The van der Waals surface area contributed by atoms with Crippen molar-refractivity contribution < 1.29 is 4.79 Å². The molecule has 0 aromatic rings. The van der Waals surface area contributed by atoms with Gasteiger partial charge in [-0.15, -0.1) is 0 Å². The van der Waals surface area contributed by atoms with Crippen LogP contribution in [0.15, 0.2) is 12.2 Å². The van der Waals surface area contributed by atoms with E-state index in [2.05, 4.69) is 19.9 Å². The molecular weight excluding hydrogens is 234 g/mol. The molecule has 0 aliphatic carbocycles. The number of nitrogens with zero attached hydrogens (tertiary/aromatic N) is 1. The van der Waals surface area contributed by atoms with Crippen molar-refractivity contribution in [1.82, 2.24) is 4.90 Å². The first-order valence-electron chi connectivity index (χ1n) is 8.02. The monoisotopic (exact) mass is 264 g/mol. The van der Waals surface area contributed by atoms with Gasteiger partial charge in [0.25, 0.3) is 0 Å². The van der Waals surface area contributed by atoms with Crippen molar-refractivity contribution in [1.29, 1.82) is 0 Å². The Morgan fingerprint density at radius 1 is 1.21 bits per heavy atom. The number of unbranched alkanes of at least 4 members (excludes halogenated alkanes) is 5. The number of carbonyl (C=O) groups excluding carboxylic acids is 1. The average molecular weight is 264 g/mol. The number of likely N-dealkylation sites (tertiary alicyclic amines) is 1. The minimum Gasteiger partial charge on any atom is -0.339 e. The molecule has 1 aliphatic rings. The van der Waals surface area contributed by atoms with E-state index in [0.717, 1.165) is 44.7 Å². The molecule has 0 unspecified atom stereocenters. The number of allylic oxidation sites excluding steroid dienone is 1. The molecule has 0 aromatic carbocycles. The van der Waals surface area contributed by atoms with Crippen LogP contribution in [0.4, 0.5) is 0 Å². The van der Waals surface area contributed by atoms with E-state index in [-0.39, 0.29) is 5.91 Å². The number of amides is 1. The second-order valence-electron chi connectivity index (χ2n) is 5.66. The van der Waals surface area contributed by atoms with Crippen LogP contribution < -0.4 is 0 Å². The fourth-order valence-corrected chi connectivity index (χ4v) is 2.60. The van der Waals surface area contributed by atoms with E-state index in [9.17, 15) is 4.79 Å². The minimum absolute atomic E-state index is 0.205. The third kappa shape index (κ3) is 6.79. The first-order chi connectivity index (χ1) is 9.27. The van der Waals surface area contributed by atoms with Gasteiger partial charge in [0.05, 0.1) is 0 Å². The first kappa shape index (κ1) is 16.3. The van der Waals surface area contributed by atoms with Crippen LogP contribution in [0.5, 0.6) is 0 Å². The summed E-state index contributed by atoms with van der Waals surface area (Å²) in [5.41, 5.74) is 0. The number of rotatable bonds is 8. The summed E-state index contributed by atoms with van der Waals surface area (Å²) in [5, 5.41) is 0. The van der Waals surface area contributed by atoms with Gasteiger partial charge in [-0.2, -0.15) is 0 Å². The van der Waals surface area contributed by atoms with Crippen LogP contribution in [0.25, 0.3) is 0 Å². The fourth-order valence-electron chi connectivity index (χ4n) is 2.60. The van der Waals surface area contributed by atoms with Gasteiger partial charge in [-0.3, -0.25) is 4.79 Å². The van der Waals surface area contributed by atoms with Crippen LogP contribution in [-0.2, 0) is 4.79 Å². The molecule has 0 atom stereocenters. The zero-order valence-electron chi connectivity index (χ0n) is 12.6. The highest BCUT2D eigenvalue weighted by Gasteiger charge is 2.19. The van der Waals surface area contributed by atoms with Crippen LogP contribution in [0.2, 0.25) is 0 Å². The Hall–Kier alpha value is -0.790. The van der Waals surface area contributed by atoms with Gasteiger partial charge in [0.1, 0.15) is 0 Å². The molecule has 1 heterocycles. The van der Waals surface area contributed by atoms with Crippen LogP contribution in [-0.4, -0.2) is 23.9 Å². The van der Waals surface area contributed by atoms with Crippen LogP contribution in [0.1, 0.15) is 64.7 Å². The maximum Gasteiger partial charge on any atom is 0.246 e. The molecule has 19 heavy (non-hydrogen) atoms. The molecule has 0 bridgehead atoms. The smallest absolute Gasteiger partial charge is 0.246 e. The molecule has 1 aliphatic heterocycles. The maximum absolute atomic E-state index is 12.0. The van der Waals surface area contributed by atoms with E-state index >= 15 is 0 Å². The van der Waals surface area contributed by atoms with E-state index < -0.39 is 0 Å². The Morgan fingerprint density at radius 3 is 2.53 bits per heavy atom. The van der Waals surface area contributed by atoms with E-state index in [1.165, 1.54) is 32.1 Å². The standard InChI is InChI=1S/C17H30NO/c1-3-5-6-7-8-9-10-11-17(19)18-14-12-16(4-2)13-15-18/h10-11,16H,2-9,12-15H2,1H3/b11-10+. The van der Waals surface area contributed by atoms with E-state index in [1.807, 2.05) is 4.90 Å². The highest BCUT2D eigenvalue weighted by Crippen LogP contribution is 2.19. The third-order valence-electron chi connectivity index (χ3n) is 4.07. The maximum atomic E-state index is 12.0. The molecule has 2 heteroatoms. The van der Waals surface area contributed by atoms with Crippen molar-refractivity contribution in [2.75, 3.05) is 13.1 Å². The molecule has 1 rings (SSSR count). The summed E-state index contributed by atoms with van der Waals surface area (Å²) < 4.78 is 0. The largest absolute Gasteiger partial charge is 0.339 e. The number of hydrogen-bond acceptors (Lipinski definition) is 1. The van der Waals surface area contributed by atoms with Crippen LogP contribution >= 0.6 is 0 Å². The van der Waals surface area contributed by atoms with Gasteiger partial charge in [0.2, 0.25) is 5.91 Å². The zero-order chi connectivity index (χ0) is 13.9. The number of hydrogen-bond donors (Lipinski definition) is 0. The highest BCUT2D eigenvalue weighted by molar-refractivity contribution is 5.87. The quantitative estimate of drug-likeness (QED) is 0.471. The van der Waals surface area contributed by atoms with E-state index in [0.29, 0.717) is 0 Å². The van der Waals surface area contributed by atoms with Crippen molar-refractivity contribution in [3.8, 4) is 0 Å². The number of carbonyl (C=O) groups is 1. The highest BCUT2D eigenvalue weighted by atomic mass is 16.2. The Balaban J connectivity index is 2.10. The van der Waals surface area contributed by atoms with Crippen molar-refractivity contribution in [2.45, 2.75) is 64.7 Å². The van der Waals surface area contributed by atoms with E-state index in [1.54, 1.807) is 6.08 Å². The predicted molar refractivity (Wildman–Crippen MR) is 81.8 cm³/mol. The van der Waals surface area contributed by atoms with Crippen LogP contribution in [0, 0.1) is 12.8 Å². The summed E-state index contributed by atoms with van der Waals surface area (Å²) in [6.07, 6.45) is 14.6. The molecule has 1 radical (unpaired) electrons. The second-order valence-corrected chi connectivity index (χ2v) is 5.66. The molecule has 0 aromatic heterocycles. The molecule has 109 valence electrons. The Bertz CT molecular complexity index is 264. The zero-order valence-corrected chi connectivity index (χ0v) is 12.6. The normalized spacial score (nSPS) is 17.3. The van der Waals surface area contributed by atoms with Gasteiger partial charge in [-0.05, 0) is 37.7 Å². The lowest BCUT2D eigenvalue weighted by Crippen LogP contribution is -2.37. The van der Waals surface area contributed by atoms with Gasteiger partial charge in [0, 0.05) is 13.1 Å². The lowest BCUT2D eigenvalue weighted by molar-refractivity contribution is -0.127. The second kappa shape index (κ2) is 10.1. The summed E-state index contributed by atoms with van der Waals surface area (Å²) in [4.78, 5) is 13.9. The molecule has 1 saturated heterocycles. The SMILES string of the molecule is [CH2]CC1CCN(C(=O)/C=C/CCCCCCC)CC1. The van der Waals surface area contributed by atoms with Gasteiger partial charge in [0.15, 0.2) is 0 Å². The molecular formula is C17H30NO. The Morgan fingerprint density at radius 2 is 1.89 bits per heavy atom. The third-order valence-corrected chi connectivity index (χ3v) is 4.07. The van der Waals surface area contributed by atoms with Gasteiger partial charge >= 0.3 is 0 Å². The average Bonchev–Trinajstić information content (AvgIpc) is 2.46. The van der Waals surface area contributed by atoms with Crippen molar-refractivity contribution >= 4 is 5.91 Å². The van der Waals surface area contributed by atoms with Gasteiger partial charge < -0.3 is 4.90 Å². The Labute approximate surface area is 119 Å².